The van der Waals surface area contributed by atoms with Gasteiger partial charge >= 0.3 is 23.9 Å². The van der Waals surface area contributed by atoms with Crippen LogP contribution in [0.3, 0.4) is 0 Å². The normalized spacial score (nSPS) is 15.1. The van der Waals surface area contributed by atoms with Crippen molar-refractivity contribution < 1.29 is 57.5 Å². The van der Waals surface area contributed by atoms with E-state index < -0.39 is 47.5 Å². The fourth-order valence-electron chi connectivity index (χ4n) is 2.82. The van der Waals surface area contributed by atoms with E-state index in [2.05, 4.69) is 9.68 Å². The summed E-state index contributed by atoms with van der Waals surface area (Å²) in [7, 11) is 0. The van der Waals surface area contributed by atoms with Crippen LogP contribution >= 0.6 is 0 Å². The Morgan fingerprint density at radius 3 is 1.14 bits per heavy atom. The first-order chi connectivity index (χ1) is 16.2. The molecule has 14 nitrogen and oxygen atoms in total. The Hall–Kier alpha value is -3.84. The standard InChI is InChI=1S/C20H24N2O12.CH4/c23-13-7-8-14(24)21(13)33-19(29)5-1-3-17(27)31-11-12-32-18(28)4-2-6-20(30)34-22-15(25)9-10-16(22)26;/h1-12H2;1H4. The van der Waals surface area contributed by atoms with Gasteiger partial charge in [0.1, 0.15) is 13.2 Å². The molecule has 0 aliphatic carbocycles. The van der Waals surface area contributed by atoms with Crippen LogP contribution in [0.5, 0.6) is 0 Å². The molecule has 0 aromatic heterocycles. The Bertz CT molecular complexity index is 766. The number of hydrogen-bond donors (Lipinski definition) is 0. The molecule has 0 atom stereocenters. The summed E-state index contributed by atoms with van der Waals surface area (Å²) >= 11 is 0. The van der Waals surface area contributed by atoms with Crippen molar-refractivity contribution in [1.82, 2.24) is 10.1 Å². The van der Waals surface area contributed by atoms with Crippen molar-refractivity contribution in [3.05, 3.63) is 0 Å². The minimum Gasteiger partial charge on any atom is -0.462 e. The maximum absolute atomic E-state index is 11.6. The first-order valence-corrected chi connectivity index (χ1v) is 10.6. The molecule has 194 valence electrons. The van der Waals surface area contributed by atoms with E-state index in [-0.39, 0.29) is 84.8 Å². The Kier molecular flexibility index (Phi) is 12.0. The molecule has 4 amide bonds. The summed E-state index contributed by atoms with van der Waals surface area (Å²) in [6.45, 7) is -0.431. The van der Waals surface area contributed by atoms with Gasteiger partial charge in [0, 0.05) is 51.4 Å². The van der Waals surface area contributed by atoms with Crippen molar-refractivity contribution >= 4 is 47.5 Å². The predicted molar refractivity (Wildman–Crippen MR) is 111 cm³/mol. The fraction of sp³-hybridized carbons (Fsp3) is 0.619. The highest BCUT2D eigenvalue weighted by Crippen LogP contribution is 2.14. The minimum absolute atomic E-state index is 0. The van der Waals surface area contributed by atoms with Crippen molar-refractivity contribution in [2.24, 2.45) is 0 Å². The molecule has 0 unspecified atom stereocenters. The molecule has 0 bridgehead atoms. The molecule has 0 aromatic carbocycles. The summed E-state index contributed by atoms with van der Waals surface area (Å²) in [6, 6.07) is 0. The van der Waals surface area contributed by atoms with Gasteiger partial charge in [-0.3, -0.25) is 28.8 Å². The van der Waals surface area contributed by atoms with Crippen LogP contribution in [0.1, 0.15) is 71.6 Å². The number of hydroxylamine groups is 4. The highest BCUT2D eigenvalue weighted by molar-refractivity contribution is 6.02. The number of carbonyl (C=O) groups excluding carboxylic acids is 8. The molecule has 2 fully saturated rings. The molecular weight excluding hydrogens is 472 g/mol. The van der Waals surface area contributed by atoms with Crippen LogP contribution in [0.15, 0.2) is 0 Å². The highest BCUT2D eigenvalue weighted by atomic mass is 16.7. The summed E-state index contributed by atoms with van der Waals surface area (Å²) in [5.41, 5.74) is 0. The molecule has 0 saturated carbocycles. The third kappa shape index (κ3) is 9.90. The molecule has 2 rings (SSSR count). The summed E-state index contributed by atoms with van der Waals surface area (Å²) in [4.78, 5) is 101. The molecule has 2 aliphatic heterocycles. The quantitative estimate of drug-likeness (QED) is 0.191. The van der Waals surface area contributed by atoms with Crippen LogP contribution in [-0.2, 0) is 57.5 Å². The Morgan fingerprint density at radius 2 is 0.829 bits per heavy atom. The molecule has 0 aromatic rings. The Morgan fingerprint density at radius 1 is 0.543 bits per heavy atom. The second-order valence-corrected chi connectivity index (χ2v) is 7.24. The number of hydrogen-bond acceptors (Lipinski definition) is 12. The lowest BCUT2D eigenvalue weighted by Crippen LogP contribution is -2.32. The van der Waals surface area contributed by atoms with Gasteiger partial charge in [-0.15, -0.1) is 10.1 Å². The first kappa shape index (κ1) is 29.2. The van der Waals surface area contributed by atoms with Crippen LogP contribution in [0, 0.1) is 0 Å². The molecule has 0 spiro atoms. The van der Waals surface area contributed by atoms with E-state index in [0.717, 1.165) is 0 Å². The zero-order valence-electron chi connectivity index (χ0n) is 18.3. The lowest BCUT2D eigenvalue weighted by Gasteiger charge is -2.12. The fourth-order valence-corrected chi connectivity index (χ4v) is 2.82. The van der Waals surface area contributed by atoms with Gasteiger partial charge in [0.05, 0.1) is 0 Å². The van der Waals surface area contributed by atoms with E-state index >= 15 is 0 Å². The smallest absolute Gasteiger partial charge is 0.333 e. The summed E-state index contributed by atoms with van der Waals surface area (Å²) in [6.07, 6.45) is -0.594. The van der Waals surface area contributed by atoms with Gasteiger partial charge < -0.3 is 19.1 Å². The van der Waals surface area contributed by atoms with E-state index in [4.69, 9.17) is 9.47 Å². The van der Waals surface area contributed by atoms with E-state index in [1.54, 1.807) is 0 Å². The van der Waals surface area contributed by atoms with Gasteiger partial charge in [-0.25, -0.2) is 9.59 Å². The van der Waals surface area contributed by atoms with E-state index in [0.29, 0.717) is 10.1 Å². The van der Waals surface area contributed by atoms with Crippen molar-refractivity contribution in [3.63, 3.8) is 0 Å². The lowest BCUT2D eigenvalue weighted by atomic mass is 10.2. The van der Waals surface area contributed by atoms with Gasteiger partial charge in [0.15, 0.2) is 0 Å². The number of nitrogens with zero attached hydrogens (tertiary/aromatic N) is 2. The van der Waals surface area contributed by atoms with E-state index in [1.165, 1.54) is 0 Å². The lowest BCUT2D eigenvalue weighted by molar-refractivity contribution is -0.197. The third-order valence-corrected chi connectivity index (χ3v) is 4.53. The van der Waals surface area contributed by atoms with Crippen LogP contribution in [-0.4, -0.2) is 70.8 Å². The topological polar surface area (TPSA) is 180 Å². The maximum Gasteiger partial charge on any atom is 0.333 e. The molecule has 2 saturated heterocycles. The summed E-state index contributed by atoms with van der Waals surface area (Å²) in [5.74, 6) is -5.33. The maximum atomic E-state index is 11.6. The molecule has 35 heavy (non-hydrogen) atoms. The van der Waals surface area contributed by atoms with Crippen LogP contribution in [0.25, 0.3) is 0 Å². The zero-order valence-corrected chi connectivity index (χ0v) is 18.3. The number of amides is 4. The van der Waals surface area contributed by atoms with Gasteiger partial charge in [-0.2, -0.15) is 0 Å². The Labute approximate surface area is 200 Å². The minimum atomic E-state index is -0.826. The largest absolute Gasteiger partial charge is 0.462 e. The molecule has 0 radical (unpaired) electrons. The van der Waals surface area contributed by atoms with Crippen LogP contribution in [0.2, 0.25) is 0 Å². The molecular formula is C21H28N2O12. The molecule has 0 N–H and O–H groups in total. The van der Waals surface area contributed by atoms with Gasteiger partial charge in [-0.1, -0.05) is 7.43 Å². The number of imide groups is 2. The SMILES string of the molecule is C.O=C(CCCC(=O)ON1C(=O)CCC1=O)OCCOC(=O)CCCC(=O)ON1C(=O)CCC1=O. The zero-order chi connectivity index (χ0) is 25.1. The van der Waals surface area contributed by atoms with E-state index in [1.807, 2.05) is 0 Å². The second-order valence-electron chi connectivity index (χ2n) is 7.24. The van der Waals surface area contributed by atoms with Gasteiger partial charge in [0.2, 0.25) is 0 Å². The van der Waals surface area contributed by atoms with E-state index in [9.17, 15) is 38.4 Å². The number of rotatable bonds is 13. The van der Waals surface area contributed by atoms with Crippen LogP contribution in [0.4, 0.5) is 0 Å². The highest BCUT2D eigenvalue weighted by Gasteiger charge is 2.33. The monoisotopic (exact) mass is 500 g/mol. The van der Waals surface area contributed by atoms with Crippen LogP contribution < -0.4 is 0 Å². The van der Waals surface area contributed by atoms with Crippen molar-refractivity contribution in [3.8, 4) is 0 Å². The van der Waals surface area contributed by atoms with Crippen molar-refractivity contribution in [1.29, 1.82) is 0 Å². The summed E-state index contributed by atoms with van der Waals surface area (Å²) in [5, 5.41) is 0.848. The molecule has 2 aliphatic rings. The number of ether oxygens (including phenoxy) is 2. The third-order valence-electron chi connectivity index (χ3n) is 4.53. The average Bonchev–Trinajstić information content (AvgIpc) is 3.27. The molecule has 14 heteroatoms. The summed E-state index contributed by atoms with van der Waals surface area (Å²) < 4.78 is 9.70. The van der Waals surface area contributed by atoms with Gasteiger partial charge in [-0.05, 0) is 12.8 Å². The predicted octanol–water partition coefficient (Wildman–Crippen LogP) is 0.264. The van der Waals surface area contributed by atoms with Gasteiger partial charge in [0.25, 0.3) is 23.6 Å². The second kappa shape index (κ2) is 14.4. The first-order valence-electron chi connectivity index (χ1n) is 10.6. The Balaban J connectivity index is 0.00000612. The average molecular weight is 500 g/mol. The molecule has 2 heterocycles. The number of esters is 2. The number of carbonyl (C=O) groups is 8. The van der Waals surface area contributed by atoms with Crippen molar-refractivity contribution in [2.45, 2.75) is 71.6 Å². The van der Waals surface area contributed by atoms with Crippen molar-refractivity contribution in [2.75, 3.05) is 13.2 Å².